The van der Waals surface area contributed by atoms with Gasteiger partial charge in [-0.25, -0.2) is 4.79 Å². The normalized spacial score (nSPS) is 15.7. The molecule has 2 aromatic carbocycles. The molecule has 1 aliphatic carbocycles. The Morgan fingerprint density at radius 3 is 2.42 bits per heavy atom. The molecule has 1 heterocycles. The highest BCUT2D eigenvalue weighted by atomic mass is 16.7. The number of carboxylic acid groups (broad SMARTS) is 1. The number of rotatable bonds is 9. The topological polar surface area (TPSA) is 137 Å². The van der Waals surface area contributed by atoms with Crippen molar-refractivity contribution in [2.45, 2.75) is 50.7 Å². The van der Waals surface area contributed by atoms with Crippen molar-refractivity contribution in [3.05, 3.63) is 53.6 Å². The van der Waals surface area contributed by atoms with Crippen molar-refractivity contribution in [3.8, 4) is 11.5 Å². The van der Waals surface area contributed by atoms with Gasteiger partial charge in [-0.1, -0.05) is 31.4 Å². The maximum Gasteiger partial charge on any atom is 0.322 e. The number of urea groups is 1. The van der Waals surface area contributed by atoms with Crippen molar-refractivity contribution in [2.24, 2.45) is 0 Å². The van der Waals surface area contributed by atoms with Crippen molar-refractivity contribution in [1.29, 1.82) is 0 Å². The van der Waals surface area contributed by atoms with E-state index in [0.29, 0.717) is 35.6 Å². The maximum atomic E-state index is 13.3. The third-order valence-electron chi connectivity index (χ3n) is 6.39. The summed E-state index contributed by atoms with van der Waals surface area (Å²) >= 11 is 0. The molecule has 4 N–H and O–H groups in total. The van der Waals surface area contributed by atoms with Crippen LogP contribution in [-0.4, -0.2) is 58.5 Å². The van der Waals surface area contributed by atoms with Gasteiger partial charge in [0.05, 0.1) is 18.6 Å². The highest BCUT2D eigenvalue weighted by Crippen LogP contribution is 2.34. The molecule has 1 saturated carbocycles. The molecule has 10 nitrogen and oxygen atoms in total. The minimum Gasteiger partial charge on any atom is -0.481 e. The fraction of sp³-hybridized carbons (Fsp3) is 0.423. The molecule has 0 aromatic heterocycles. The van der Waals surface area contributed by atoms with Crippen molar-refractivity contribution in [1.82, 2.24) is 10.2 Å². The first-order valence-corrected chi connectivity index (χ1v) is 12.1. The van der Waals surface area contributed by atoms with E-state index in [1.165, 1.54) is 0 Å². The summed E-state index contributed by atoms with van der Waals surface area (Å²) in [7, 11) is 0. The highest BCUT2D eigenvalue weighted by Gasteiger charge is 2.33. The van der Waals surface area contributed by atoms with Crippen LogP contribution in [-0.2, 0) is 11.3 Å². The molecule has 4 rings (SSSR count). The number of benzene rings is 2. The van der Waals surface area contributed by atoms with Crippen LogP contribution in [0.1, 0.15) is 54.4 Å². The number of aliphatic carboxylic acids is 1. The van der Waals surface area contributed by atoms with Gasteiger partial charge in [-0.3, -0.25) is 9.59 Å². The Kier molecular flexibility index (Phi) is 7.94. The van der Waals surface area contributed by atoms with Crippen LogP contribution in [0.3, 0.4) is 0 Å². The molecule has 0 radical (unpaired) electrons. The van der Waals surface area contributed by atoms with E-state index in [2.05, 4.69) is 10.6 Å². The van der Waals surface area contributed by atoms with Crippen LogP contribution < -0.4 is 20.1 Å². The molecular formula is C26H31N3O7. The Balaban J connectivity index is 1.45. The van der Waals surface area contributed by atoms with Crippen LogP contribution in [0.5, 0.6) is 11.5 Å². The molecule has 3 amide bonds. The molecule has 2 aromatic rings. The molecule has 1 fully saturated rings. The lowest BCUT2D eigenvalue weighted by atomic mass is 9.84. The van der Waals surface area contributed by atoms with Gasteiger partial charge in [-0.15, -0.1) is 0 Å². The number of hydrogen-bond acceptors (Lipinski definition) is 6. The van der Waals surface area contributed by atoms with Gasteiger partial charge in [0, 0.05) is 30.4 Å². The van der Waals surface area contributed by atoms with Gasteiger partial charge in [0.25, 0.3) is 5.91 Å². The predicted molar refractivity (Wildman–Crippen MR) is 131 cm³/mol. The summed E-state index contributed by atoms with van der Waals surface area (Å²) in [6, 6.07) is 11.6. The lowest BCUT2D eigenvalue weighted by Gasteiger charge is -2.37. The summed E-state index contributed by atoms with van der Waals surface area (Å²) in [5, 5.41) is 25.3. The van der Waals surface area contributed by atoms with E-state index >= 15 is 0 Å². The number of nitrogens with one attached hydrogen (secondary N) is 2. The molecule has 0 atom stereocenters. The first-order valence-electron chi connectivity index (χ1n) is 12.1. The van der Waals surface area contributed by atoms with Gasteiger partial charge < -0.3 is 35.2 Å². The number of ether oxygens (including phenoxy) is 2. The largest absolute Gasteiger partial charge is 0.481 e. The highest BCUT2D eigenvalue weighted by molar-refractivity contribution is 5.94. The van der Waals surface area contributed by atoms with Crippen molar-refractivity contribution >= 4 is 23.6 Å². The van der Waals surface area contributed by atoms with E-state index in [1.54, 1.807) is 47.4 Å². The molecule has 192 valence electrons. The molecule has 0 unspecified atom stereocenters. The minimum absolute atomic E-state index is 0.0440. The quantitative estimate of drug-likeness (QED) is 0.417. The van der Waals surface area contributed by atoms with Gasteiger partial charge >= 0.3 is 12.0 Å². The van der Waals surface area contributed by atoms with Crippen molar-refractivity contribution in [3.63, 3.8) is 0 Å². The summed E-state index contributed by atoms with van der Waals surface area (Å²) in [4.78, 5) is 37.7. The molecule has 1 aliphatic heterocycles. The van der Waals surface area contributed by atoms with E-state index in [0.717, 1.165) is 24.8 Å². The van der Waals surface area contributed by atoms with E-state index in [-0.39, 0.29) is 44.8 Å². The van der Waals surface area contributed by atoms with Crippen LogP contribution in [0.4, 0.5) is 10.5 Å². The molecule has 0 bridgehead atoms. The number of carbonyl (C=O) groups excluding carboxylic acids is 2. The Bertz CT molecular complexity index is 1100. The average molecular weight is 498 g/mol. The number of anilines is 1. The summed E-state index contributed by atoms with van der Waals surface area (Å²) in [5.41, 5.74) is 0.788. The monoisotopic (exact) mass is 497 g/mol. The standard InChI is InChI=1S/C26H31N3O7/c30-23(31)10-13-27-24(32)19-6-4-18(5-7-19)15-29(16-26(34)11-2-1-3-12-26)25(33)28-20-8-9-21-22(14-20)36-17-35-21/h4-9,14,34H,1-3,10-13,15-17H2,(H,27,32)(H,28,33)(H,30,31). The van der Waals surface area contributed by atoms with Crippen LogP contribution >= 0.6 is 0 Å². The number of nitrogens with zero attached hydrogens (tertiary/aromatic N) is 1. The molecule has 36 heavy (non-hydrogen) atoms. The molecule has 0 spiro atoms. The second-order valence-corrected chi connectivity index (χ2v) is 9.24. The Labute approximate surface area is 209 Å². The molecule has 2 aliphatic rings. The molecule has 0 saturated heterocycles. The van der Waals surface area contributed by atoms with Gasteiger partial charge in [-0.05, 0) is 42.7 Å². The van der Waals surface area contributed by atoms with E-state index in [1.807, 2.05) is 0 Å². The summed E-state index contributed by atoms with van der Waals surface area (Å²) in [6.45, 7) is 0.599. The summed E-state index contributed by atoms with van der Waals surface area (Å²) in [5.74, 6) is -0.169. The first-order chi connectivity index (χ1) is 17.3. The second kappa shape index (κ2) is 11.3. The summed E-state index contributed by atoms with van der Waals surface area (Å²) in [6.07, 6.45) is 4.02. The maximum absolute atomic E-state index is 13.3. The van der Waals surface area contributed by atoms with Crippen LogP contribution in [0.25, 0.3) is 0 Å². The second-order valence-electron chi connectivity index (χ2n) is 9.24. The Morgan fingerprint density at radius 2 is 1.69 bits per heavy atom. The zero-order valence-corrected chi connectivity index (χ0v) is 20.0. The summed E-state index contributed by atoms with van der Waals surface area (Å²) < 4.78 is 10.7. The third kappa shape index (κ3) is 6.66. The Hall–Kier alpha value is -3.79. The Morgan fingerprint density at radius 1 is 0.972 bits per heavy atom. The van der Waals surface area contributed by atoms with E-state index in [4.69, 9.17) is 14.6 Å². The number of fused-ring (bicyclic) bond motifs is 1. The number of carboxylic acids is 1. The number of amides is 3. The minimum atomic E-state index is -0.982. The first kappa shape index (κ1) is 25.3. The van der Waals surface area contributed by atoms with Gasteiger partial charge in [-0.2, -0.15) is 0 Å². The number of carbonyl (C=O) groups is 3. The molecule has 10 heteroatoms. The lowest BCUT2D eigenvalue weighted by Crippen LogP contribution is -2.47. The average Bonchev–Trinajstić information content (AvgIpc) is 3.32. The lowest BCUT2D eigenvalue weighted by molar-refractivity contribution is -0.136. The van der Waals surface area contributed by atoms with Crippen molar-refractivity contribution < 1.29 is 34.1 Å². The van der Waals surface area contributed by atoms with E-state index in [9.17, 15) is 19.5 Å². The van der Waals surface area contributed by atoms with Gasteiger partial charge in [0.15, 0.2) is 11.5 Å². The van der Waals surface area contributed by atoms with Crippen LogP contribution in [0, 0.1) is 0 Å². The zero-order chi connectivity index (χ0) is 25.5. The van der Waals surface area contributed by atoms with Crippen LogP contribution in [0.15, 0.2) is 42.5 Å². The fourth-order valence-corrected chi connectivity index (χ4v) is 4.47. The number of hydrogen-bond donors (Lipinski definition) is 4. The van der Waals surface area contributed by atoms with Gasteiger partial charge in [0.2, 0.25) is 6.79 Å². The van der Waals surface area contributed by atoms with Gasteiger partial charge in [0.1, 0.15) is 0 Å². The van der Waals surface area contributed by atoms with E-state index < -0.39 is 11.6 Å². The van der Waals surface area contributed by atoms with Crippen molar-refractivity contribution in [2.75, 3.05) is 25.2 Å². The predicted octanol–water partition coefficient (Wildman–Crippen LogP) is 3.35. The fourth-order valence-electron chi connectivity index (χ4n) is 4.47. The smallest absolute Gasteiger partial charge is 0.322 e. The third-order valence-corrected chi connectivity index (χ3v) is 6.39. The SMILES string of the molecule is O=C(O)CCNC(=O)c1ccc(CN(CC2(O)CCCCC2)C(=O)Nc2ccc3c(c2)OCO3)cc1. The number of aliphatic hydroxyl groups is 1. The molecular weight excluding hydrogens is 466 g/mol. The van der Waals surface area contributed by atoms with Crippen LogP contribution in [0.2, 0.25) is 0 Å². The zero-order valence-electron chi connectivity index (χ0n) is 20.0.